The molecule has 0 N–H and O–H groups in total. The molecule has 0 aliphatic carbocycles. The van der Waals surface area contributed by atoms with Gasteiger partial charge in [-0.3, -0.25) is 4.21 Å². The number of nitrogens with zero attached hydrogens (tertiary/aromatic N) is 3. The third-order valence-corrected chi connectivity index (χ3v) is 4.99. The molecule has 0 unspecified atom stereocenters. The van der Waals surface area contributed by atoms with Gasteiger partial charge < -0.3 is 4.52 Å². The van der Waals surface area contributed by atoms with E-state index in [0.717, 1.165) is 17.7 Å². The minimum Gasteiger partial charge on any atom is -0.361 e. The summed E-state index contributed by atoms with van der Waals surface area (Å²) < 4.78 is 32.8. The van der Waals surface area contributed by atoms with Crippen molar-refractivity contribution in [1.82, 2.24) is 14.9 Å². The number of benzene rings is 1. The molecule has 0 saturated heterocycles. The summed E-state index contributed by atoms with van der Waals surface area (Å²) in [5, 5.41) is 8.30. The normalized spacial score (nSPS) is 12.5. The highest BCUT2D eigenvalue weighted by Crippen LogP contribution is 2.18. The summed E-state index contributed by atoms with van der Waals surface area (Å²) in [7, 11) is -1.14. The van der Waals surface area contributed by atoms with Crippen LogP contribution in [0.5, 0.6) is 0 Å². The maximum absolute atomic E-state index is 13.8. The molecule has 0 amide bonds. The number of rotatable bonds is 6. The van der Waals surface area contributed by atoms with Crippen molar-refractivity contribution in [2.75, 3.05) is 0 Å². The Balaban J connectivity index is 1.72. The molecule has 126 valence electrons. The lowest BCUT2D eigenvalue weighted by Gasteiger charge is -2.03. The molecule has 7 heteroatoms. The maximum atomic E-state index is 13.8. The van der Waals surface area contributed by atoms with E-state index in [1.54, 1.807) is 30.5 Å². The van der Waals surface area contributed by atoms with E-state index in [-0.39, 0.29) is 5.82 Å². The minimum atomic E-state index is -1.14. The SMILES string of the molecule is CCc1noc(C)c1C[S@@](=O)Cc1ccn(-c2ccccc2F)n1. The minimum absolute atomic E-state index is 0.301. The van der Waals surface area contributed by atoms with Gasteiger partial charge in [0.05, 0.1) is 22.9 Å². The number of halogens is 1. The summed E-state index contributed by atoms with van der Waals surface area (Å²) in [6.07, 6.45) is 2.42. The van der Waals surface area contributed by atoms with Crippen molar-refractivity contribution in [3.05, 3.63) is 65.1 Å². The van der Waals surface area contributed by atoms with Gasteiger partial charge in [0.15, 0.2) is 0 Å². The van der Waals surface area contributed by atoms with Crippen molar-refractivity contribution in [2.24, 2.45) is 0 Å². The van der Waals surface area contributed by atoms with Crippen molar-refractivity contribution < 1.29 is 13.1 Å². The van der Waals surface area contributed by atoms with Gasteiger partial charge in [-0.1, -0.05) is 24.2 Å². The monoisotopic (exact) mass is 347 g/mol. The highest BCUT2D eigenvalue weighted by atomic mass is 32.2. The van der Waals surface area contributed by atoms with E-state index in [2.05, 4.69) is 10.3 Å². The molecule has 0 bridgehead atoms. The van der Waals surface area contributed by atoms with Crippen LogP contribution in [0.15, 0.2) is 41.1 Å². The summed E-state index contributed by atoms with van der Waals surface area (Å²) in [4.78, 5) is 0. The standard InChI is InChI=1S/C17H18FN3O2S/c1-3-16-14(12(2)23-20-16)11-24(22)10-13-8-9-21(19-13)17-7-5-4-6-15(17)18/h4-9H,3,10-11H2,1-2H3/t24-/m0/s1. The molecule has 3 aromatic rings. The lowest BCUT2D eigenvalue weighted by molar-refractivity contribution is 0.390. The predicted molar refractivity (Wildman–Crippen MR) is 89.7 cm³/mol. The van der Waals surface area contributed by atoms with E-state index in [1.165, 1.54) is 10.7 Å². The molecule has 0 aliphatic heterocycles. The fraction of sp³-hybridized carbons (Fsp3) is 0.294. The van der Waals surface area contributed by atoms with Crippen molar-refractivity contribution in [1.29, 1.82) is 0 Å². The molecule has 2 heterocycles. The Hall–Kier alpha value is -2.28. The molecule has 0 aliphatic rings. The van der Waals surface area contributed by atoms with Gasteiger partial charge in [0, 0.05) is 22.6 Å². The highest BCUT2D eigenvalue weighted by Gasteiger charge is 2.15. The highest BCUT2D eigenvalue weighted by molar-refractivity contribution is 7.83. The van der Waals surface area contributed by atoms with Crippen molar-refractivity contribution in [3.63, 3.8) is 0 Å². The van der Waals surface area contributed by atoms with Crippen LogP contribution >= 0.6 is 0 Å². The van der Waals surface area contributed by atoms with Crippen LogP contribution in [-0.2, 0) is 28.7 Å². The summed E-state index contributed by atoms with van der Waals surface area (Å²) in [5.74, 6) is 1.04. The van der Waals surface area contributed by atoms with Crippen molar-refractivity contribution >= 4 is 10.8 Å². The summed E-state index contributed by atoms with van der Waals surface area (Å²) in [6.45, 7) is 3.81. The van der Waals surface area contributed by atoms with E-state index in [0.29, 0.717) is 28.6 Å². The molecular weight excluding hydrogens is 329 g/mol. The number of para-hydroxylation sites is 1. The molecule has 5 nitrogen and oxygen atoms in total. The average molecular weight is 347 g/mol. The van der Waals surface area contributed by atoms with E-state index in [4.69, 9.17) is 4.52 Å². The Kier molecular flexibility index (Phi) is 4.89. The molecule has 2 aromatic heterocycles. The first-order chi connectivity index (χ1) is 11.6. The number of hydrogen-bond donors (Lipinski definition) is 0. The fourth-order valence-corrected chi connectivity index (χ4v) is 3.76. The van der Waals surface area contributed by atoms with Gasteiger partial charge in [0.2, 0.25) is 0 Å². The predicted octanol–water partition coefficient (Wildman–Crippen LogP) is 3.32. The van der Waals surface area contributed by atoms with Gasteiger partial charge in [0.1, 0.15) is 17.3 Å². The first-order valence-corrected chi connectivity index (χ1v) is 9.15. The molecule has 1 aromatic carbocycles. The topological polar surface area (TPSA) is 60.9 Å². The maximum Gasteiger partial charge on any atom is 0.148 e. The molecule has 24 heavy (non-hydrogen) atoms. The van der Waals surface area contributed by atoms with Gasteiger partial charge in [-0.2, -0.15) is 5.10 Å². The van der Waals surface area contributed by atoms with Gasteiger partial charge >= 0.3 is 0 Å². The molecule has 0 radical (unpaired) electrons. The fourth-order valence-electron chi connectivity index (χ4n) is 2.49. The van der Waals surface area contributed by atoms with Crippen LogP contribution in [0, 0.1) is 12.7 Å². The first-order valence-electron chi connectivity index (χ1n) is 7.67. The molecule has 3 rings (SSSR count). The van der Waals surface area contributed by atoms with Crippen molar-refractivity contribution in [2.45, 2.75) is 31.8 Å². The largest absolute Gasteiger partial charge is 0.361 e. The van der Waals surface area contributed by atoms with Crippen LogP contribution in [0.25, 0.3) is 5.69 Å². The Morgan fingerprint density at radius 2 is 2.04 bits per heavy atom. The number of hydrogen-bond acceptors (Lipinski definition) is 4. The van der Waals surface area contributed by atoms with E-state index < -0.39 is 10.8 Å². The zero-order valence-electron chi connectivity index (χ0n) is 13.5. The second-order valence-electron chi connectivity index (χ2n) is 5.45. The Bertz CT molecular complexity index is 872. The van der Waals surface area contributed by atoms with Crippen LogP contribution in [0.2, 0.25) is 0 Å². The van der Waals surface area contributed by atoms with Crippen LogP contribution in [0.1, 0.15) is 29.6 Å². The van der Waals surface area contributed by atoms with Gasteiger partial charge in [-0.05, 0) is 31.5 Å². The van der Waals surface area contributed by atoms with Crippen molar-refractivity contribution in [3.8, 4) is 5.69 Å². The third-order valence-electron chi connectivity index (χ3n) is 3.76. The molecule has 1 atom stereocenters. The van der Waals surface area contributed by atoms with Crippen LogP contribution in [0.3, 0.4) is 0 Å². The first kappa shape index (κ1) is 16.6. The van der Waals surface area contributed by atoms with Crippen LogP contribution in [-0.4, -0.2) is 19.1 Å². The quantitative estimate of drug-likeness (QED) is 0.686. The molecular formula is C17H18FN3O2S. The summed E-state index contributed by atoms with van der Waals surface area (Å²) in [6, 6.07) is 8.17. The van der Waals surface area contributed by atoms with E-state index in [1.807, 2.05) is 13.8 Å². The number of aryl methyl sites for hydroxylation is 2. The lowest BCUT2D eigenvalue weighted by Crippen LogP contribution is -2.04. The second kappa shape index (κ2) is 7.09. The zero-order chi connectivity index (χ0) is 17.1. The second-order valence-corrected chi connectivity index (χ2v) is 6.91. The molecule has 0 saturated carbocycles. The van der Waals surface area contributed by atoms with Crippen LogP contribution < -0.4 is 0 Å². The third kappa shape index (κ3) is 3.46. The molecule has 0 spiro atoms. The van der Waals surface area contributed by atoms with Gasteiger partial charge in [-0.15, -0.1) is 0 Å². The number of aromatic nitrogens is 3. The van der Waals surface area contributed by atoms with Gasteiger partial charge in [0.25, 0.3) is 0 Å². The zero-order valence-corrected chi connectivity index (χ0v) is 14.3. The lowest BCUT2D eigenvalue weighted by atomic mass is 10.2. The Labute approximate surface area is 141 Å². The average Bonchev–Trinajstić information content (AvgIpc) is 3.15. The molecule has 0 fully saturated rings. The summed E-state index contributed by atoms with van der Waals surface area (Å²) in [5.41, 5.74) is 2.78. The van der Waals surface area contributed by atoms with Crippen LogP contribution in [0.4, 0.5) is 4.39 Å². The smallest absolute Gasteiger partial charge is 0.148 e. The van der Waals surface area contributed by atoms with E-state index >= 15 is 0 Å². The van der Waals surface area contributed by atoms with E-state index in [9.17, 15) is 8.60 Å². The Morgan fingerprint density at radius 1 is 1.25 bits per heavy atom. The Morgan fingerprint density at radius 3 is 2.79 bits per heavy atom. The summed E-state index contributed by atoms with van der Waals surface area (Å²) >= 11 is 0. The van der Waals surface area contributed by atoms with Gasteiger partial charge in [-0.25, -0.2) is 9.07 Å².